The average molecular weight is 230 g/mol. The van der Waals surface area contributed by atoms with Crippen molar-refractivity contribution < 1.29 is 0 Å². The first-order chi connectivity index (χ1) is 8.19. The normalized spacial score (nSPS) is 23.9. The van der Waals surface area contributed by atoms with Gasteiger partial charge in [0.1, 0.15) is 0 Å². The molecule has 0 unspecified atom stereocenters. The third-order valence-corrected chi connectivity index (χ3v) is 4.21. The molecule has 0 bridgehead atoms. The molecule has 2 aromatic rings. The molecule has 3 nitrogen and oxygen atoms in total. The van der Waals surface area contributed by atoms with E-state index in [2.05, 4.69) is 24.0 Å². The molecule has 1 aromatic heterocycles. The van der Waals surface area contributed by atoms with Gasteiger partial charge < -0.3 is 4.98 Å². The lowest BCUT2D eigenvalue weighted by Crippen LogP contribution is -2.21. The van der Waals surface area contributed by atoms with Gasteiger partial charge in [0, 0.05) is 7.05 Å². The number of H-pyrrole nitrogens is 1. The summed E-state index contributed by atoms with van der Waals surface area (Å²) in [6.07, 6.45) is 3.90. The molecule has 1 fully saturated rings. The predicted molar refractivity (Wildman–Crippen MR) is 69.3 cm³/mol. The summed E-state index contributed by atoms with van der Waals surface area (Å²) in [4.78, 5) is 14.4. The predicted octanol–water partition coefficient (Wildman–Crippen LogP) is 2.77. The first kappa shape index (κ1) is 10.6. The maximum Gasteiger partial charge on any atom is 0.326 e. The zero-order valence-electron chi connectivity index (χ0n) is 10.4. The topological polar surface area (TPSA) is 37.8 Å². The van der Waals surface area contributed by atoms with E-state index < -0.39 is 0 Å². The van der Waals surface area contributed by atoms with Gasteiger partial charge in [0.15, 0.2) is 0 Å². The highest BCUT2D eigenvalue weighted by atomic mass is 16.1. The Kier molecular flexibility index (Phi) is 2.35. The van der Waals surface area contributed by atoms with Gasteiger partial charge in [0.2, 0.25) is 0 Å². The fourth-order valence-corrected chi connectivity index (χ4v) is 2.84. The number of hydrogen-bond acceptors (Lipinski definition) is 1. The summed E-state index contributed by atoms with van der Waals surface area (Å²) in [6, 6.07) is 6.37. The maximum atomic E-state index is 11.5. The largest absolute Gasteiger partial charge is 0.326 e. The molecular formula is C14H18N2O. The minimum atomic E-state index is -0.0304. The van der Waals surface area contributed by atoms with Crippen LogP contribution in [0.2, 0.25) is 0 Å². The molecule has 1 aliphatic rings. The van der Waals surface area contributed by atoms with E-state index in [1.807, 2.05) is 13.1 Å². The van der Waals surface area contributed by atoms with Crippen LogP contribution in [0, 0.1) is 5.92 Å². The Balaban J connectivity index is 1.97. The second-order valence-corrected chi connectivity index (χ2v) is 5.21. The van der Waals surface area contributed by atoms with Gasteiger partial charge in [-0.25, -0.2) is 4.79 Å². The van der Waals surface area contributed by atoms with Gasteiger partial charge in [-0.1, -0.05) is 19.4 Å². The number of aryl methyl sites for hydroxylation is 1. The summed E-state index contributed by atoms with van der Waals surface area (Å²) < 4.78 is 1.69. The second-order valence-electron chi connectivity index (χ2n) is 5.21. The number of rotatable bonds is 2. The second kappa shape index (κ2) is 3.76. The van der Waals surface area contributed by atoms with Crippen LogP contribution >= 0.6 is 0 Å². The highest BCUT2D eigenvalue weighted by molar-refractivity contribution is 5.76. The van der Waals surface area contributed by atoms with Crippen LogP contribution < -0.4 is 5.69 Å². The summed E-state index contributed by atoms with van der Waals surface area (Å²) in [5, 5.41) is 0. The van der Waals surface area contributed by atoms with Crippen LogP contribution in [-0.4, -0.2) is 9.55 Å². The van der Waals surface area contributed by atoms with Gasteiger partial charge in [0.25, 0.3) is 0 Å². The zero-order chi connectivity index (χ0) is 12.0. The van der Waals surface area contributed by atoms with Crippen LogP contribution in [0.15, 0.2) is 23.0 Å². The van der Waals surface area contributed by atoms with Crippen LogP contribution in [0.1, 0.15) is 37.7 Å². The molecule has 1 N–H and O–H groups in total. The zero-order valence-corrected chi connectivity index (χ0v) is 10.4. The number of nitrogens with zero attached hydrogens (tertiary/aromatic N) is 1. The Bertz CT molecular complexity index is 602. The standard InChI is InChI=1S/C14H18N2O/c1-3-9-6-11(7-9)10-4-5-12-13(8-10)16(2)14(17)15-12/h4-5,8-9,11H,3,6-7H2,1-2H3,(H,15,17). The number of aromatic amines is 1. The Morgan fingerprint density at radius 1 is 1.41 bits per heavy atom. The van der Waals surface area contributed by atoms with Gasteiger partial charge in [0.05, 0.1) is 11.0 Å². The van der Waals surface area contributed by atoms with Gasteiger partial charge in [-0.15, -0.1) is 0 Å². The molecule has 0 radical (unpaired) electrons. The molecule has 1 saturated carbocycles. The van der Waals surface area contributed by atoms with E-state index in [4.69, 9.17) is 0 Å². The van der Waals surface area contributed by atoms with Crippen LogP contribution in [0.4, 0.5) is 0 Å². The minimum Gasteiger partial charge on any atom is -0.306 e. The van der Waals surface area contributed by atoms with Crippen molar-refractivity contribution >= 4 is 11.0 Å². The van der Waals surface area contributed by atoms with Crippen molar-refractivity contribution in [2.75, 3.05) is 0 Å². The smallest absolute Gasteiger partial charge is 0.306 e. The number of aromatic nitrogens is 2. The molecule has 0 aliphatic heterocycles. The summed E-state index contributed by atoms with van der Waals surface area (Å²) in [6.45, 7) is 2.26. The molecule has 1 aromatic carbocycles. The molecule has 90 valence electrons. The Hall–Kier alpha value is -1.51. The maximum absolute atomic E-state index is 11.5. The molecule has 0 atom stereocenters. The number of benzene rings is 1. The monoisotopic (exact) mass is 230 g/mol. The fraction of sp³-hybridized carbons (Fsp3) is 0.500. The van der Waals surface area contributed by atoms with E-state index in [0.717, 1.165) is 17.0 Å². The number of fused-ring (bicyclic) bond motifs is 1. The van der Waals surface area contributed by atoms with E-state index >= 15 is 0 Å². The molecule has 3 heteroatoms. The SMILES string of the molecule is CCC1CC(c2ccc3[nH]c(=O)n(C)c3c2)C1. The van der Waals surface area contributed by atoms with E-state index in [1.165, 1.54) is 24.8 Å². The van der Waals surface area contributed by atoms with Gasteiger partial charge in [-0.3, -0.25) is 4.57 Å². The molecule has 1 aliphatic carbocycles. The van der Waals surface area contributed by atoms with Crippen molar-refractivity contribution in [3.8, 4) is 0 Å². The van der Waals surface area contributed by atoms with Crippen LogP contribution in [0.3, 0.4) is 0 Å². The van der Waals surface area contributed by atoms with Gasteiger partial charge in [-0.2, -0.15) is 0 Å². The van der Waals surface area contributed by atoms with E-state index in [-0.39, 0.29) is 5.69 Å². The van der Waals surface area contributed by atoms with Crippen molar-refractivity contribution in [3.05, 3.63) is 34.2 Å². The lowest BCUT2D eigenvalue weighted by Gasteiger charge is -2.35. The third-order valence-electron chi connectivity index (χ3n) is 4.21. The highest BCUT2D eigenvalue weighted by Gasteiger charge is 2.28. The van der Waals surface area contributed by atoms with Crippen LogP contribution in [-0.2, 0) is 7.05 Å². The molecular weight excluding hydrogens is 212 g/mol. The molecule has 0 amide bonds. The lowest BCUT2D eigenvalue weighted by atomic mass is 9.70. The average Bonchev–Trinajstić information content (AvgIpc) is 2.54. The fourth-order valence-electron chi connectivity index (χ4n) is 2.84. The Morgan fingerprint density at radius 2 is 2.18 bits per heavy atom. The molecule has 17 heavy (non-hydrogen) atoms. The first-order valence-electron chi connectivity index (χ1n) is 6.37. The van der Waals surface area contributed by atoms with E-state index in [0.29, 0.717) is 5.92 Å². The van der Waals surface area contributed by atoms with Crippen molar-refractivity contribution in [2.24, 2.45) is 13.0 Å². The first-order valence-corrected chi connectivity index (χ1v) is 6.37. The third kappa shape index (κ3) is 1.61. The number of hydrogen-bond donors (Lipinski definition) is 1. The van der Waals surface area contributed by atoms with E-state index in [1.54, 1.807) is 4.57 Å². The summed E-state index contributed by atoms with van der Waals surface area (Å²) in [7, 11) is 1.82. The Morgan fingerprint density at radius 3 is 2.88 bits per heavy atom. The summed E-state index contributed by atoms with van der Waals surface area (Å²) >= 11 is 0. The van der Waals surface area contributed by atoms with Crippen LogP contribution in [0.25, 0.3) is 11.0 Å². The van der Waals surface area contributed by atoms with Gasteiger partial charge >= 0.3 is 5.69 Å². The summed E-state index contributed by atoms with van der Waals surface area (Å²) in [5.41, 5.74) is 3.31. The molecule has 3 rings (SSSR count). The van der Waals surface area contributed by atoms with Gasteiger partial charge in [-0.05, 0) is 42.4 Å². The van der Waals surface area contributed by atoms with Crippen molar-refractivity contribution in [2.45, 2.75) is 32.1 Å². The van der Waals surface area contributed by atoms with Crippen molar-refractivity contribution in [1.82, 2.24) is 9.55 Å². The highest BCUT2D eigenvalue weighted by Crippen LogP contribution is 2.43. The Labute approximate surface area is 100 Å². The lowest BCUT2D eigenvalue weighted by molar-refractivity contribution is 0.256. The van der Waals surface area contributed by atoms with Crippen molar-refractivity contribution in [3.63, 3.8) is 0 Å². The quantitative estimate of drug-likeness (QED) is 0.846. The molecule has 0 spiro atoms. The number of nitrogens with one attached hydrogen (secondary N) is 1. The van der Waals surface area contributed by atoms with E-state index in [9.17, 15) is 4.79 Å². The molecule has 1 heterocycles. The number of imidazole rings is 1. The molecule has 0 saturated heterocycles. The van der Waals surface area contributed by atoms with Crippen molar-refractivity contribution in [1.29, 1.82) is 0 Å². The van der Waals surface area contributed by atoms with Crippen LogP contribution in [0.5, 0.6) is 0 Å². The minimum absolute atomic E-state index is 0.0304. The summed E-state index contributed by atoms with van der Waals surface area (Å²) in [5.74, 6) is 1.61.